The normalized spacial score (nSPS) is 10.6. The summed E-state index contributed by atoms with van der Waals surface area (Å²) in [6.07, 6.45) is 0. The predicted molar refractivity (Wildman–Crippen MR) is 133 cm³/mol. The van der Waals surface area contributed by atoms with E-state index < -0.39 is 11.9 Å². The lowest BCUT2D eigenvalue weighted by Crippen LogP contribution is -2.21. The number of para-hydroxylation sites is 1. The van der Waals surface area contributed by atoms with Crippen LogP contribution in [0.1, 0.15) is 10.4 Å². The van der Waals surface area contributed by atoms with Gasteiger partial charge in [0.25, 0.3) is 5.91 Å². The molecule has 154 valence electrons. The van der Waals surface area contributed by atoms with E-state index in [1.165, 1.54) is 0 Å². The first-order valence-electron chi connectivity index (χ1n) is 9.38. The summed E-state index contributed by atoms with van der Waals surface area (Å²) in [7, 11) is 0. The molecule has 0 aliphatic heterocycles. The zero-order chi connectivity index (χ0) is 21.8. The molecule has 4 rings (SSSR count). The van der Waals surface area contributed by atoms with Crippen LogP contribution >= 0.6 is 38.5 Å². The number of hydrogen-bond acceptors (Lipinski definition) is 4. The van der Waals surface area contributed by atoms with Crippen molar-refractivity contribution < 1.29 is 14.3 Å². The van der Waals surface area contributed by atoms with Crippen LogP contribution in [0.4, 0.5) is 5.69 Å². The van der Waals surface area contributed by atoms with Gasteiger partial charge in [0.15, 0.2) is 6.61 Å². The van der Waals surface area contributed by atoms with Crippen LogP contribution in [-0.4, -0.2) is 23.5 Å². The molecular weight excluding hydrogens is 571 g/mol. The minimum Gasteiger partial charge on any atom is -0.452 e. The number of fused-ring (bicyclic) bond motifs is 1. The molecule has 0 fully saturated rings. The minimum atomic E-state index is -0.574. The molecule has 0 spiro atoms. The first-order chi connectivity index (χ1) is 15.0. The van der Waals surface area contributed by atoms with Gasteiger partial charge in [-0.1, -0.05) is 46.3 Å². The molecule has 0 bridgehead atoms. The third-order valence-corrected chi connectivity index (χ3v) is 5.79. The summed E-state index contributed by atoms with van der Waals surface area (Å²) < 4.78 is 7.33. The molecule has 0 atom stereocenters. The average Bonchev–Trinajstić information content (AvgIpc) is 2.79. The van der Waals surface area contributed by atoms with E-state index in [1.807, 2.05) is 60.7 Å². The van der Waals surface area contributed by atoms with E-state index in [0.717, 1.165) is 13.6 Å². The molecule has 0 saturated carbocycles. The lowest BCUT2D eigenvalue weighted by molar-refractivity contribution is -0.119. The quantitative estimate of drug-likeness (QED) is 0.228. The minimum absolute atomic E-state index is 0.366. The Labute approximate surface area is 201 Å². The number of benzene rings is 3. The maximum atomic E-state index is 12.9. The molecule has 31 heavy (non-hydrogen) atoms. The van der Waals surface area contributed by atoms with Crippen LogP contribution in [0.3, 0.4) is 0 Å². The zero-order valence-corrected chi connectivity index (χ0v) is 19.9. The molecule has 0 radical (unpaired) electrons. The molecule has 0 aliphatic rings. The van der Waals surface area contributed by atoms with Gasteiger partial charge in [0.1, 0.15) is 0 Å². The van der Waals surface area contributed by atoms with Gasteiger partial charge in [-0.2, -0.15) is 0 Å². The second-order valence-corrected chi connectivity index (χ2v) is 8.87. The third kappa shape index (κ3) is 5.29. The molecule has 1 amide bonds. The van der Waals surface area contributed by atoms with Crippen molar-refractivity contribution in [1.82, 2.24) is 4.98 Å². The number of ether oxygens (including phenoxy) is 1. The molecule has 0 unspecified atom stereocenters. The Morgan fingerprint density at radius 2 is 1.68 bits per heavy atom. The van der Waals surface area contributed by atoms with E-state index in [1.54, 1.807) is 18.2 Å². The molecule has 3 aromatic carbocycles. The Kier molecular flexibility index (Phi) is 6.62. The van der Waals surface area contributed by atoms with Crippen molar-refractivity contribution in [2.45, 2.75) is 0 Å². The van der Waals surface area contributed by atoms with Crippen molar-refractivity contribution in [3.05, 3.63) is 92.5 Å². The highest BCUT2D eigenvalue weighted by Crippen LogP contribution is 2.26. The van der Waals surface area contributed by atoms with Gasteiger partial charge in [-0.05, 0) is 71.1 Å². The van der Waals surface area contributed by atoms with Gasteiger partial charge >= 0.3 is 5.97 Å². The molecule has 5 nitrogen and oxygen atoms in total. The monoisotopic (exact) mass is 586 g/mol. The summed E-state index contributed by atoms with van der Waals surface area (Å²) in [4.78, 5) is 29.7. The molecule has 1 heterocycles. The van der Waals surface area contributed by atoms with Gasteiger partial charge < -0.3 is 10.1 Å². The third-order valence-electron chi connectivity index (χ3n) is 4.54. The fourth-order valence-corrected chi connectivity index (χ4v) is 3.68. The highest BCUT2D eigenvalue weighted by Gasteiger charge is 2.16. The lowest BCUT2D eigenvalue weighted by Gasteiger charge is -2.11. The van der Waals surface area contributed by atoms with Gasteiger partial charge in [-0.3, -0.25) is 4.79 Å². The number of esters is 1. The van der Waals surface area contributed by atoms with Gasteiger partial charge in [0.05, 0.1) is 16.8 Å². The number of aromatic nitrogens is 1. The summed E-state index contributed by atoms with van der Waals surface area (Å²) in [5, 5.41) is 3.39. The van der Waals surface area contributed by atoms with Crippen LogP contribution in [0.15, 0.2) is 83.3 Å². The molecule has 0 aliphatic carbocycles. The molecule has 0 saturated heterocycles. The Morgan fingerprint density at radius 3 is 2.42 bits per heavy atom. The Morgan fingerprint density at radius 1 is 0.968 bits per heavy atom. The topological polar surface area (TPSA) is 68.3 Å². The number of hydrogen-bond donors (Lipinski definition) is 1. The molecular formula is C24H16BrIN2O3. The summed E-state index contributed by atoms with van der Waals surface area (Å²) in [6, 6.07) is 24.1. The summed E-state index contributed by atoms with van der Waals surface area (Å²) in [5.74, 6) is -0.976. The Bertz CT molecular complexity index is 1260. The summed E-state index contributed by atoms with van der Waals surface area (Å²) >= 11 is 5.61. The average molecular weight is 587 g/mol. The van der Waals surface area contributed by atoms with Crippen molar-refractivity contribution >= 4 is 67.0 Å². The largest absolute Gasteiger partial charge is 0.452 e. The van der Waals surface area contributed by atoms with Crippen molar-refractivity contribution in [3.8, 4) is 11.3 Å². The van der Waals surface area contributed by atoms with Crippen LogP contribution < -0.4 is 5.32 Å². The highest BCUT2D eigenvalue weighted by atomic mass is 127. The van der Waals surface area contributed by atoms with E-state index in [2.05, 4.69) is 48.8 Å². The second-order valence-electron chi connectivity index (χ2n) is 6.71. The SMILES string of the molecule is O=C(COC(=O)c1cc(-c2ccc(Br)cc2)nc2ccccc12)Nc1ccc(I)cc1. The fourth-order valence-electron chi connectivity index (χ4n) is 3.05. The first-order valence-corrected chi connectivity index (χ1v) is 11.2. The molecule has 1 N–H and O–H groups in total. The maximum Gasteiger partial charge on any atom is 0.339 e. The van der Waals surface area contributed by atoms with Crippen molar-refractivity contribution in [2.75, 3.05) is 11.9 Å². The van der Waals surface area contributed by atoms with Crippen molar-refractivity contribution in [2.24, 2.45) is 0 Å². The van der Waals surface area contributed by atoms with Gasteiger partial charge in [0.2, 0.25) is 0 Å². The number of nitrogens with zero attached hydrogens (tertiary/aromatic N) is 1. The number of amides is 1. The molecule has 1 aromatic heterocycles. The van der Waals surface area contributed by atoms with Gasteiger partial charge in [0, 0.05) is 24.7 Å². The zero-order valence-electron chi connectivity index (χ0n) is 16.1. The summed E-state index contributed by atoms with van der Waals surface area (Å²) in [6.45, 7) is -0.380. The number of carbonyl (C=O) groups excluding carboxylic acids is 2. The Hall–Kier alpha value is -2.78. The first kappa shape index (κ1) is 21.5. The van der Waals surface area contributed by atoms with Gasteiger partial charge in [-0.15, -0.1) is 0 Å². The smallest absolute Gasteiger partial charge is 0.339 e. The van der Waals surface area contributed by atoms with E-state index in [0.29, 0.717) is 27.8 Å². The van der Waals surface area contributed by atoms with Crippen LogP contribution in [0.5, 0.6) is 0 Å². The van der Waals surface area contributed by atoms with Crippen LogP contribution in [0.25, 0.3) is 22.2 Å². The van der Waals surface area contributed by atoms with Crippen LogP contribution in [0, 0.1) is 3.57 Å². The standard InChI is InChI=1S/C24H16BrIN2O3/c25-16-7-5-15(6-8-16)22-13-20(19-3-1-2-4-21(19)28-22)24(30)31-14-23(29)27-18-11-9-17(26)10-12-18/h1-13H,14H2,(H,27,29). The number of carbonyl (C=O) groups is 2. The lowest BCUT2D eigenvalue weighted by atomic mass is 10.0. The Balaban J connectivity index is 1.55. The molecule has 7 heteroatoms. The predicted octanol–water partition coefficient (Wildman–Crippen LogP) is 6.06. The fraction of sp³-hybridized carbons (Fsp3) is 0.0417. The maximum absolute atomic E-state index is 12.9. The summed E-state index contributed by atoms with van der Waals surface area (Å²) in [5.41, 5.74) is 3.22. The number of pyridine rings is 1. The van der Waals surface area contributed by atoms with Crippen molar-refractivity contribution in [3.63, 3.8) is 0 Å². The van der Waals surface area contributed by atoms with E-state index in [-0.39, 0.29) is 6.61 Å². The van der Waals surface area contributed by atoms with Crippen LogP contribution in [-0.2, 0) is 9.53 Å². The second kappa shape index (κ2) is 9.57. The highest BCUT2D eigenvalue weighted by molar-refractivity contribution is 14.1. The van der Waals surface area contributed by atoms with E-state index in [9.17, 15) is 9.59 Å². The van der Waals surface area contributed by atoms with Gasteiger partial charge in [-0.25, -0.2) is 9.78 Å². The number of nitrogens with one attached hydrogen (secondary N) is 1. The van der Waals surface area contributed by atoms with Crippen LogP contribution in [0.2, 0.25) is 0 Å². The number of halogens is 2. The van der Waals surface area contributed by atoms with E-state index >= 15 is 0 Å². The number of rotatable bonds is 5. The van der Waals surface area contributed by atoms with Crippen molar-refractivity contribution in [1.29, 1.82) is 0 Å². The van der Waals surface area contributed by atoms with E-state index in [4.69, 9.17) is 4.74 Å². The number of anilines is 1. The molecule has 4 aromatic rings.